The van der Waals surface area contributed by atoms with E-state index in [9.17, 15) is 0 Å². The van der Waals surface area contributed by atoms with Crippen molar-refractivity contribution in [3.63, 3.8) is 0 Å². The molecule has 0 N–H and O–H groups in total. The molecule has 2 nitrogen and oxygen atoms in total. The molecule has 0 aromatic heterocycles. The van der Waals surface area contributed by atoms with Crippen LogP contribution in [0.5, 0.6) is 11.5 Å². The minimum Gasteiger partial charge on any atom is -0.457 e. The van der Waals surface area contributed by atoms with Crippen molar-refractivity contribution < 1.29 is 9.47 Å². The smallest absolute Gasteiger partial charge is 0.127 e. The average molecular weight is 434 g/mol. The first-order valence-electron chi connectivity index (χ1n) is 9.16. The summed E-state index contributed by atoms with van der Waals surface area (Å²) in [6, 6.07) is 23.3. The number of ether oxygens (including phenoxy) is 2. The topological polar surface area (TPSA) is 18.5 Å². The highest BCUT2D eigenvalue weighted by molar-refractivity contribution is 6.42. The largest absolute Gasteiger partial charge is 0.457 e. The second-order valence-electron chi connectivity index (χ2n) is 6.84. The third-order valence-corrected chi connectivity index (χ3v) is 5.89. The Morgan fingerprint density at radius 1 is 0.714 bits per heavy atom. The molecule has 28 heavy (non-hydrogen) atoms. The summed E-state index contributed by atoms with van der Waals surface area (Å²) in [5.41, 5.74) is 2.03. The van der Waals surface area contributed by atoms with Crippen LogP contribution in [0.3, 0.4) is 0 Å². The fraction of sp³-hybridized carbons (Fsp3) is 0.217. The van der Waals surface area contributed by atoms with E-state index >= 15 is 0 Å². The first-order chi connectivity index (χ1) is 13.6. The second-order valence-corrected chi connectivity index (χ2v) is 8.27. The van der Waals surface area contributed by atoms with Crippen LogP contribution < -0.4 is 4.74 Å². The Morgan fingerprint density at radius 2 is 1.39 bits per heavy atom. The van der Waals surface area contributed by atoms with Crippen molar-refractivity contribution in [1.29, 1.82) is 0 Å². The number of para-hydroxylation sites is 1. The standard InChI is InChI=1S/C23H19Cl3O2/c24-17-13-22(28-23(14-17)16-9-10-20(25)21(26)12-16)15-5-4-8-19(11-15)27-18-6-2-1-3-7-18/h1-12,17,22-23H,13-14H2/t17-,22-,23+/m0/s1. The maximum atomic E-state index is 6.58. The van der Waals surface area contributed by atoms with Gasteiger partial charge in [0.1, 0.15) is 11.5 Å². The summed E-state index contributed by atoms with van der Waals surface area (Å²) in [5, 5.41) is 1.07. The van der Waals surface area contributed by atoms with Crippen LogP contribution in [0.4, 0.5) is 0 Å². The molecular formula is C23H19Cl3O2. The molecule has 1 aliphatic heterocycles. The molecule has 0 spiro atoms. The Labute approximate surface area is 180 Å². The van der Waals surface area contributed by atoms with E-state index in [0.717, 1.165) is 35.5 Å². The number of hydrogen-bond donors (Lipinski definition) is 0. The predicted molar refractivity (Wildman–Crippen MR) is 115 cm³/mol. The van der Waals surface area contributed by atoms with Crippen LogP contribution in [0.25, 0.3) is 0 Å². The fourth-order valence-electron chi connectivity index (χ4n) is 3.42. The van der Waals surface area contributed by atoms with E-state index in [2.05, 4.69) is 0 Å². The molecule has 1 saturated heterocycles. The van der Waals surface area contributed by atoms with Gasteiger partial charge in [0.05, 0.1) is 22.3 Å². The molecule has 0 radical (unpaired) electrons. The molecule has 5 heteroatoms. The molecule has 1 fully saturated rings. The Kier molecular flexibility index (Phi) is 6.13. The van der Waals surface area contributed by atoms with E-state index in [0.29, 0.717) is 10.0 Å². The molecule has 1 aliphatic rings. The number of hydrogen-bond acceptors (Lipinski definition) is 2. The molecule has 144 valence electrons. The first kappa shape index (κ1) is 19.6. The van der Waals surface area contributed by atoms with Crippen LogP contribution in [-0.2, 0) is 4.74 Å². The number of rotatable bonds is 4. The van der Waals surface area contributed by atoms with Gasteiger partial charge < -0.3 is 9.47 Å². The van der Waals surface area contributed by atoms with Gasteiger partial charge in [-0.1, -0.05) is 59.6 Å². The SMILES string of the molecule is Clc1ccc([C@H]2C[C@@H](Cl)C[C@@H](c3cccc(Oc4ccccc4)c3)O2)cc1Cl. The molecule has 4 rings (SSSR count). The van der Waals surface area contributed by atoms with Gasteiger partial charge in [-0.25, -0.2) is 0 Å². The molecule has 3 aromatic carbocycles. The lowest BCUT2D eigenvalue weighted by atomic mass is 9.94. The van der Waals surface area contributed by atoms with E-state index in [1.807, 2.05) is 66.7 Å². The molecule has 0 bridgehead atoms. The van der Waals surface area contributed by atoms with Crippen LogP contribution in [0.1, 0.15) is 36.2 Å². The van der Waals surface area contributed by atoms with Crippen LogP contribution in [-0.4, -0.2) is 5.38 Å². The molecule has 0 amide bonds. The summed E-state index contributed by atoms with van der Waals surface area (Å²) in [4.78, 5) is 0. The Hall–Kier alpha value is -1.71. The number of alkyl halides is 1. The van der Waals surface area contributed by atoms with Gasteiger partial charge in [0, 0.05) is 5.38 Å². The summed E-state index contributed by atoms with van der Waals surface area (Å²) in [6.45, 7) is 0. The molecule has 3 aromatic rings. The quantitative estimate of drug-likeness (QED) is 0.388. The fourth-order valence-corrected chi connectivity index (χ4v) is 4.05. The Balaban J connectivity index is 1.54. The molecule has 1 heterocycles. The average Bonchev–Trinajstić information content (AvgIpc) is 2.70. The monoisotopic (exact) mass is 432 g/mol. The zero-order valence-electron chi connectivity index (χ0n) is 15.0. The van der Waals surface area contributed by atoms with Gasteiger partial charge in [-0.15, -0.1) is 11.6 Å². The Morgan fingerprint density at radius 3 is 2.11 bits per heavy atom. The van der Waals surface area contributed by atoms with Crippen LogP contribution in [0.2, 0.25) is 10.0 Å². The zero-order valence-corrected chi connectivity index (χ0v) is 17.3. The summed E-state index contributed by atoms with van der Waals surface area (Å²) < 4.78 is 12.3. The third-order valence-electron chi connectivity index (χ3n) is 4.79. The highest BCUT2D eigenvalue weighted by Gasteiger charge is 2.30. The van der Waals surface area contributed by atoms with E-state index < -0.39 is 0 Å². The van der Waals surface area contributed by atoms with Crippen molar-refractivity contribution in [3.05, 3.63) is 94.0 Å². The van der Waals surface area contributed by atoms with Gasteiger partial charge >= 0.3 is 0 Å². The van der Waals surface area contributed by atoms with Crippen LogP contribution in [0.15, 0.2) is 72.8 Å². The van der Waals surface area contributed by atoms with Gasteiger partial charge in [0.2, 0.25) is 0 Å². The lowest BCUT2D eigenvalue weighted by Crippen LogP contribution is -2.23. The van der Waals surface area contributed by atoms with Crippen molar-refractivity contribution in [2.75, 3.05) is 0 Å². The summed E-state index contributed by atoms with van der Waals surface area (Å²) in [7, 11) is 0. The van der Waals surface area contributed by atoms with Gasteiger partial charge in [-0.3, -0.25) is 0 Å². The number of halogens is 3. The number of benzene rings is 3. The summed E-state index contributed by atoms with van der Waals surface area (Å²) in [5.74, 6) is 1.57. The third kappa shape index (κ3) is 4.64. The second kappa shape index (κ2) is 8.75. The maximum Gasteiger partial charge on any atom is 0.127 e. The predicted octanol–water partition coefficient (Wildman–Crippen LogP) is 7.99. The van der Waals surface area contributed by atoms with Crippen molar-refractivity contribution >= 4 is 34.8 Å². The Bertz CT molecular complexity index is 946. The minimum atomic E-state index is -0.130. The van der Waals surface area contributed by atoms with Gasteiger partial charge in [0.15, 0.2) is 0 Å². The molecular weight excluding hydrogens is 415 g/mol. The van der Waals surface area contributed by atoms with Crippen molar-refractivity contribution in [2.24, 2.45) is 0 Å². The van der Waals surface area contributed by atoms with Gasteiger partial charge in [0.25, 0.3) is 0 Å². The normalized spacial score (nSPS) is 22.0. The van der Waals surface area contributed by atoms with Gasteiger partial charge in [-0.2, -0.15) is 0 Å². The first-order valence-corrected chi connectivity index (χ1v) is 10.3. The highest BCUT2D eigenvalue weighted by Crippen LogP contribution is 2.42. The lowest BCUT2D eigenvalue weighted by molar-refractivity contribution is -0.0517. The van der Waals surface area contributed by atoms with Crippen LogP contribution in [0, 0.1) is 0 Å². The van der Waals surface area contributed by atoms with Crippen LogP contribution >= 0.6 is 34.8 Å². The molecule has 0 aliphatic carbocycles. The summed E-state index contributed by atoms with van der Waals surface area (Å²) in [6.07, 6.45) is 1.23. The van der Waals surface area contributed by atoms with Gasteiger partial charge in [-0.05, 0) is 60.4 Å². The molecule has 3 atom stereocenters. The van der Waals surface area contributed by atoms with E-state index in [-0.39, 0.29) is 17.6 Å². The summed E-state index contributed by atoms with van der Waals surface area (Å²) >= 11 is 18.8. The maximum absolute atomic E-state index is 6.58. The minimum absolute atomic E-state index is 0.0110. The van der Waals surface area contributed by atoms with Crippen molar-refractivity contribution in [1.82, 2.24) is 0 Å². The lowest BCUT2D eigenvalue weighted by Gasteiger charge is -2.33. The zero-order chi connectivity index (χ0) is 19.5. The van der Waals surface area contributed by atoms with Crippen molar-refractivity contribution in [3.8, 4) is 11.5 Å². The van der Waals surface area contributed by atoms with E-state index in [4.69, 9.17) is 44.3 Å². The van der Waals surface area contributed by atoms with Crippen molar-refractivity contribution in [2.45, 2.75) is 30.4 Å². The molecule has 0 saturated carbocycles. The highest BCUT2D eigenvalue weighted by atomic mass is 35.5. The van der Waals surface area contributed by atoms with E-state index in [1.165, 1.54) is 0 Å². The molecule has 0 unspecified atom stereocenters. The van der Waals surface area contributed by atoms with E-state index in [1.54, 1.807) is 6.07 Å².